The van der Waals surface area contributed by atoms with Gasteiger partial charge in [0.1, 0.15) is 5.82 Å². The molecule has 0 aliphatic carbocycles. The van der Waals surface area contributed by atoms with Crippen molar-refractivity contribution in [2.75, 3.05) is 6.54 Å². The van der Waals surface area contributed by atoms with Crippen molar-refractivity contribution < 1.29 is 9.18 Å². The summed E-state index contributed by atoms with van der Waals surface area (Å²) < 4.78 is 15.2. The van der Waals surface area contributed by atoms with Crippen molar-refractivity contribution >= 4 is 16.8 Å². The maximum atomic E-state index is 13.2. The van der Waals surface area contributed by atoms with Gasteiger partial charge in [0.2, 0.25) is 0 Å². The molecule has 152 valence electrons. The summed E-state index contributed by atoms with van der Waals surface area (Å²) in [6.45, 7) is 3.50. The number of carbonyl (C=O) groups is 1. The molecule has 5 rings (SSSR count). The Kier molecular flexibility index (Phi) is 4.58. The van der Waals surface area contributed by atoms with Crippen molar-refractivity contribution in [1.82, 2.24) is 24.9 Å². The molecule has 30 heavy (non-hydrogen) atoms. The van der Waals surface area contributed by atoms with Crippen LogP contribution in [-0.4, -0.2) is 43.4 Å². The van der Waals surface area contributed by atoms with E-state index in [1.807, 2.05) is 22.0 Å². The van der Waals surface area contributed by atoms with E-state index in [-0.39, 0.29) is 17.8 Å². The smallest absolute Gasteiger partial charge is 0.254 e. The second-order valence-electron chi connectivity index (χ2n) is 8.00. The molecule has 4 aromatic rings. The third-order valence-corrected chi connectivity index (χ3v) is 5.92. The van der Waals surface area contributed by atoms with Crippen molar-refractivity contribution in [3.63, 3.8) is 0 Å². The molecule has 3 heterocycles. The number of halogens is 1. The van der Waals surface area contributed by atoms with Gasteiger partial charge in [0, 0.05) is 41.8 Å². The zero-order valence-corrected chi connectivity index (χ0v) is 16.6. The van der Waals surface area contributed by atoms with Crippen LogP contribution < -0.4 is 0 Å². The lowest BCUT2D eigenvalue weighted by Gasteiger charge is -2.21. The second kappa shape index (κ2) is 7.40. The van der Waals surface area contributed by atoms with Gasteiger partial charge in [-0.05, 0) is 61.2 Å². The lowest BCUT2D eigenvalue weighted by Crippen LogP contribution is -2.34. The minimum absolute atomic E-state index is 0.0416. The minimum Gasteiger partial charge on any atom is -0.336 e. The SMILES string of the molecule is C[C@H]1CC(Cn2ncc3cc(-c4cn[nH]c4)ccc32)CN1C(=O)c1ccc(F)cc1. The summed E-state index contributed by atoms with van der Waals surface area (Å²) in [5.41, 5.74) is 3.75. The predicted molar refractivity (Wildman–Crippen MR) is 112 cm³/mol. The quantitative estimate of drug-likeness (QED) is 0.557. The fourth-order valence-corrected chi connectivity index (χ4v) is 4.38. The van der Waals surface area contributed by atoms with E-state index in [2.05, 4.69) is 40.4 Å². The van der Waals surface area contributed by atoms with E-state index in [4.69, 9.17) is 0 Å². The van der Waals surface area contributed by atoms with Crippen LogP contribution in [0.3, 0.4) is 0 Å². The van der Waals surface area contributed by atoms with Crippen molar-refractivity contribution in [1.29, 1.82) is 0 Å². The number of amides is 1. The molecule has 1 aliphatic rings. The fraction of sp³-hybridized carbons (Fsp3) is 0.261. The Morgan fingerprint density at radius 1 is 1.17 bits per heavy atom. The highest BCUT2D eigenvalue weighted by Crippen LogP contribution is 2.28. The number of benzene rings is 2. The summed E-state index contributed by atoms with van der Waals surface area (Å²) in [6, 6.07) is 12.2. The van der Waals surface area contributed by atoms with Crippen LogP contribution in [0.2, 0.25) is 0 Å². The first kappa shape index (κ1) is 18.5. The van der Waals surface area contributed by atoms with Crippen LogP contribution in [-0.2, 0) is 6.54 Å². The summed E-state index contributed by atoms with van der Waals surface area (Å²) in [5, 5.41) is 12.5. The molecule has 0 saturated carbocycles. The molecule has 6 nitrogen and oxygen atoms in total. The van der Waals surface area contributed by atoms with Gasteiger partial charge >= 0.3 is 0 Å². The van der Waals surface area contributed by atoms with E-state index in [1.165, 1.54) is 12.1 Å². The normalized spacial score (nSPS) is 18.9. The number of H-pyrrole nitrogens is 1. The van der Waals surface area contributed by atoms with E-state index >= 15 is 0 Å². The first-order chi connectivity index (χ1) is 14.6. The zero-order valence-electron chi connectivity index (χ0n) is 16.6. The molecule has 1 N–H and O–H groups in total. The lowest BCUT2D eigenvalue weighted by molar-refractivity contribution is 0.0742. The van der Waals surface area contributed by atoms with Gasteiger partial charge in [-0.25, -0.2) is 4.39 Å². The number of nitrogens with zero attached hydrogens (tertiary/aromatic N) is 4. The molecule has 0 bridgehead atoms. The number of rotatable bonds is 4. The molecule has 2 atom stereocenters. The topological polar surface area (TPSA) is 66.8 Å². The second-order valence-corrected chi connectivity index (χ2v) is 8.00. The van der Waals surface area contributed by atoms with Crippen LogP contribution in [0.25, 0.3) is 22.0 Å². The summed E-state index contributed by atoms with van der Waals surface area (Å²) in [5.74, 6) is -0.0542. The average Bonchev–Trinajstić information content (AvgIpc) is 3.49. The van der Waals surface area contributed by atoms with Gasteiger partial charge in [-0.3, -0.25) is 14.6 Å². The summed E-state index contributed by atoms with van der Waals surface area (Å²) in [6.07, 6.45) is 6.48. The largest absolute Gasteiger partial charge is 0.336 e. The standard InChI is InChI=1S/C23H22FN5O/c1-15-8-16(13-28(15)23(30)17-2-5-21(24)6-3-17)14-29-22-7-4-18(9-19(22)12-27-29)20-10-25-26-11-20/h2-7,9-12,15-16H,8,13-14H2,1H3,(H,25,26)/t15-,16?/m0/s1. The van der Waals surface area contributed by atoms with Gasteiger partial charge in [0.25, 0.3) is 5.91 Å². The van der Waals surface area contributed by atoms with Crippen LogP contribution in [0.1, 0.15) is 23.7 Å². The summed E-state index contributed by atoms with van der Waals surface area (Å²) in [7, 11) is 0. The van der Waals surface area contributed by atoms with E-state index in [0.717, 1.165) is 35.0 Å². The number of aromatic amines is 1. The van der Waals surface area contributed by atoms with Gasteiger partial charge in [0.05, 0.1) is 17.9 Å². The molecule has 1 saturated heterocycles. The number of fused-ring (bicyclic) bond motifs is 1. The Labute approximate surface area is 173 Å². The van der Waals surface area contributed by atoms with Gasteiger partial charge in [-0.2, -0.15) is 10.2 Å². The van der Waals surface area contributed by atoms with Crippen LogP contribution in [0, 0.1) is 11.7 Å². The molecule has 0 spiro atoms. The third kappa shape index (κ3) is 3.36. The molecule has 1 amide bonds. The first-order valence-corrected chi connectivity index (χ1v) is 10.1. The van der Waals surface area contributed by atoms with Crippen LogP contribution in [0.5, 0.6) is 0 Å². The molecule has 1 aliphatic heterocycles. The Morgan fingerprint density at radius 2 is 2.00 bits per heavy atom. The maximum Gasteiger partial charge on any atom is 0.254 e. The Bertz CT molecular complexity index is 1180. The maximum absolute atomic E-state index is 13.2. The van der Waals surface area contributed by atoms with E-state index in [0.29, 0.717) is 18.0 Å². The van der Waals surface area contributed by atoms with Crippen LogP contribution in [0.15, 0.2) is 61.1 Å². The van der Waals surface area contributed by atoms with Crippen LogP contribution >= 0.6 is 0 Å². The number of likely N-dealkylation sites (tertiary alicyclic amines) is 1. The van der Waals surface area contributed by atoms with E-state index in [9.17, 15) is 9.18 Å². The van der Waals surface area contributed by atoms with Crippen molar-refractivity contribution in [3.8, 4) is 11.1 Å². The monoisotopic (exact) mass is 403 g/mol. The van der Waals surface area contributed by atoms with Crippen molar-refractivity contribution in [2.45, 2.75) is 25.9 Å². The Balaban J connectivity index is 1.32. The number of hydrogen-bond acceptors (Lipinski definition) is 3. The molecular weight excluding hydrogens is 381 g/mol. The van der Waals surface area contributed by atoms with Crippen LogP contribution in [0.4, 0.5) is 4.39 Å². The number of hydrogen-bond donors (Lipinski definition) is 1. The highest BCUT2D eigenvalue weighted by molar-refractivity contribution is 5.94. The molecule has 2 aromatic heterocycles. The van der Waals surface area contributed by atoms with Crippen molar-refractivity contribution in [2.24, 2.45) is 5.92 Å². The highest BCUT2D eigenvalue weighted by atomic mass is 19.1. The fourth-order valence-electron chi connectivity index (χ4n) is 4.38. The minimum atomic E-state index is -0.333. The van der Waals surface area contributed by atoms with Gasteiger partial charge in [-0.1, -0.05) is 6.07 Å². The Morgan fingerprint density at radius 3 is 2.77 bits per heavy atom. The zero-order chi connectivity index (χ0) is 20.7. The number of carbonyl (C=O) groups excluding carboxylic acids is 1. The molecule has 0 radical (unpaired) electrons. The van der Waals surface area contributed by atoms with Gasteiger partial charge < -0.3 is 4.90 Å². The summed E-state index contributed by atoms with van der Waals surface area (Å²) in [4.78, 5) is 14.7. The number of aromatic nitrogens is 4. The van der Waals surface area contributed by atoms with Gasteiger partial charge in [-0.15, -0.1) is 0 Å². The average molecular weight is 403 g/mol. The summed E-state index contributed by atoms with van der Waals surface area (Å²) >= 11 is 0. The third-order valence-electron chi connectivity index (χ3n) is 5.92. The molecule has 2 aromatic carbocycles. The Hall–Kier alpha value is -3.48. The van der Waals surface area contributed by atoms with E-state index in [1.54, 1.807) is 18.3 Å². The molecule has 1 fully saturated rings. The van der Waals surface area contributed by atoms with E-state index < -0.39 is 0 Å². The highest BCUT2D eigenvalue weighted by Gasteiger charge is 2.33. The lowest BCUT2D eigenvalue weighted by atomic mass is 10.1. The van der Waals surface area contributed by atoms with Gasteiger partial charge in [0.15, 0.2) is 0 Å². The predicted octanol–water partition coefficient (Wildman–Crippen LogP) is 4.12. The first-order valence-electron chi connectivity index (χ1n) is 10.1. The van der Waals surface area contributed by atoms with Crippen molar-refractivity contribution in [3.05, 3.63) is 72.4 Å². The molecule has 7 heteroatoms. The number of nitrogens with one attached hydrogen (secondary N) is 1. The molecular formula is C23H22FN5O. The molecule has 1 unspecified atom stereocenters.